The maximum atomic E-state index is 14.0. The summed E-state index contributed by atoms with van der Waals surface area (Å²) in [6.07, 6.45) is 3.85. The molecule has 0 amide bonds. The van der Waals surface area contributed by atoms with Crippen LogP contribution in [-0.2, 0) is 9.53 Å². The van der Waals surface area contributed by atoms with Crippen LogP contribution >= 0.6 is 39.0 Å². The number of halogens is 1. The Bertz CT molecular complexity index is 1760. The number of ether oxygens (including phenoxy) is 2. The van der Waals surface area contributed by atoms with Crippen molar-refractivity contribution in [2.75, 3.05) is 19.5 Å². The van der Waals surface area contributed by atoms with Crippen LogP contribution in [0.3, 0.4) is 0 Å². The van der Waals surface area contributed by atoms with E-state index in [0.29, 0.717) is 27.2 Å². The molecule has 0 unspecified atom stereocenters. The number of rotatable bonds is 8. The molecule has 204 valence electrons. The van der Waals surface area contributed by atoms with Crippen LogP contribution in [0.5, 0.6) is 5.75 Å². The number of benzene rings is 3. The summed E-state index contributed by atoms with van der Waals surface area (Å²) in [6.45, 7) is 4.47. The van der Waals surface area contributed by atoms with E-state index in [0.717, 1.165) is 31.8 Å². The van der Waals surface area contributed by atoms with Crippen molar-refractivity contribution in [3.63, 3.8) is 0 Å². The second kappa shape index (κ2) is 12.4. The fourth-order valence-corrected chi connectivity index (χ4v) is 6.49. The van der Waals surface area contributed by atoms with Crippen LogP contribution in [0.15, 0.2) is 97.5 Å². The van der Waals surface area contributed by atoms with Gasteiger partial charge in [0.1, 0.15) is 5.75 Å². The highest BCUT2D eigenvalue weighted by atomic mass is 79.9. The van der Waals surface area contributed by atoms with Crippen molar-refractivity contribution >= 4 is 56.8 Å². The number of thioether (sulfide) groups is 1. The molecule has 0 bridgehead atoms. The monoisotopic (exact) mass is 634 g/mol. The molecule has 2 heterocycles. The summed E-state index contributed by atoms with van der Waals surface area (Å²) in [6, 6.07) is 22.5. The first-order chi connectivity index (χ1) is 19.4. The Kier molecular flexibility index (Phi) is 8.73. The maximum absolute atomic E-state index is 14.0. The summed E-state index contributed by atoms with van der Waals surface area (Å²) < 4.78 is 14.1. The largest absolute Gasteiger partial charge is 0.493 e. The molecule has 0 saturated heterocycles. The first kappa shape index (κ1) is 28.1. The number of nitrogens with zero attached hydrogens (tertiary/aromatic N) is 2. The fourth-order valence-electron chi connectivity index (χ4n) is 4.57. The highest BCUT2D eigenvalue weighted by Crippen LogP contribution is 2.35. The summed E-state index contributed by atoms with van der Waals surface area (Å²) in [5.74, 6) is 0.246. The van der Waals surface area contributed by atoms with Crippen LogP contribution in [0.4, 0.5) is 0 Å². The van der Waals surface area contributed by atoms with E-state index in [4.69, 9.17) is 14.5 Å². The topological polar surface area (TPSA) is 69.9 Å². The summed E-state index contributed by atoms with van der Waals surface area (Å²) in [5, 5.41) is 0. The van der Waals surface area contributed by atoms with E-state index < -0.39 is 12.0 Å². The number of aromatic nitrogens is 1. The molecule has 0 spiro atoms. The van der Waals surface area contributed by atoms with Crippen molar-refractivity contribution in [1.29, 1.82) is 0 Å². The number of hydrogen-bond donors (Lipinski definition) is 0. The molecule has 3 aromatic carbocycles. The Hall–Kier alpha value is -3.40. The minimum absolute atomic E-state index is 0.208. The van der Waals surface area contributed by atoms with Gasteiger partial charge in [0, 0.05) is 10.5 Å². The number of carbonyl (C=O) groups is 1. The molecule has 6 nitrogen and oxygen atoms in total. The molecule has 1 aliphatic rings. The minimum atomic E-state index is -0.698. The standard InChI is InChI=1S/C31H27BrN2O4S2/c1-4-37-24-16-11-19(17-23(24)32)18-25-29(35)34-28(21-12-14-22(39-3)15-13-21)26(30(36)38-5-2)27(33-31(34)40-25)20-9-7-6-8-10-20/h6-18,28H,4-5H2,1-3H3/b25-18-/t28-/m0/s1. The average Bonchev–Trinajstić information content (AvgIpc) is 3.28. The van der Waals surface area contributed by atoms with Gasteiger partial charge in [-0.2, -0.15) is 0 Å². The van der Waals surface area contributed by atoms with E-state index >= 15 is 0 Å². The zero-order valence-electron chi connectivity index (χ0n) is 22.2. The Morgan fingerprint density at radius 3 is 2.48 bits per heavy atom. The lowest BCUT2D eigenvalue weighted by atomic mass is 9.93. The number of hydrogen-bond acceptors (Lipinski definition) is 7. The lowest BCUT2D eigenvalue weighted by molar-refractivity contribution is -0.138. The van der Waals surface area contributed by atoms with Crippen LogP contribution in [0.1, 0.15) is 36.6 Å². The van der Waals surface area contributed by atoms with Crippen molar-refractivity contribution in [3.8, 4) is 5.75 Å². The lowest BCUT2D eigenvalue weighted by Crippen LogP contribution is -2.40. The normalized spacial score (nSPS) is 15.0. The maximum Gasteiger partial charge on any atom is 0.338 e. The molecule has 1 atom stereocenters. The van der Waals surface area contributed by atoms with Gasteiger partial charge in [-0.05, 0) is 77.5 Å². The molecule has 4 aromatic rings. The quantitative estimate of drug-likeness (QED) is 0.180. The molecule has 0 fully saturated rings. The predicted molar refractivity (Wildman–Crippen MR) is 165 cm³/mol. The highest BCUT2D eigenvalue weighted by Gasteiger charge is 2.35. The molecule has 0 radical (unpaired) electrons. The van der Waals surface area contributed by atoms with E-state index in [1.165, 1.54) is 11.3 Å². The fraction of sp³-hybridized carbons (Fsp3) is 0.194. The SMILES string of the molecule is CCOC(=O)C1=C(c2ccccc2)N=c2s/c(=C\c3ccc(OCC)c(Br)c3)c(=O)n2[C@H]1c1ccc(SC)cc1. The van der Waals surface area contributed by atoms with Crippen molar-refractivity contribution in [3.05, 3.63) is 119 Å². The van der Waals surface area contributed by atoms with Gasteiger partial charge in [-0.15, -0.1) is 11.8 Å². The first-order valence-corrected chi connectivity index (χ1v) is 15.6. The molecular formula is C31H27BrN2O4S2. The van der Waals surface area contributed by atoms with Crippen LogP contribution in [-0.4, -0.2) is 30.0 Å². The highest BCUT2D eigenvalue weighted by molar-refractivity contribution is 9.10. The first-order valence-electron chi connectivity index (χ1n) is 12.8. The third kappa shape index (κ3) is 5.59. The number of esters is 1. The molecule has 5 rings (SSSR count). The lowest BCUT2D eigenvalue weighted by Gasteiger charge is -2.26. The van der Waals surface area contributed by atoms with Gasteiger partial charge in [-0.3, -0.25) is 9.36 Å². The van der Waals surface area contributed by atoms with Crippen molar-refractivity contribution in [2.45, 2.75) is 24.8 Å². The number of carbonyl (C=O) groups excluding carboxylic acids is 1. The van der Waals surface area contributed by atoms with Crippen molar-refractivity contribution < 1.29 is 14.3 Å². The van der Waals surface area contributed by atoms with E-state index in [1.807, 2.05) is 92.1 Å². The van der Waals surface area contributed by atoms with Gasteiger partial charge in [0.2, 0.25) is 0 Å². The Labute approximate surface area is 248 Å². The third-order valence-electron chi connectivity index (χ3n) is 6.36. The zero-order chi connectivity index (χ0) is 28.2. The van der Waals surface area contributed by atoms with Gasteiger partial charge in [-0.1, -0.05) is 59.9 Å². The third-order valence-corrected chi connectivity index (χ3v) is 8.70. The van der Waals surface area contributed by atoms with E-state index in [9.17, 15) is 9.59 Å². The molecule has 0 aliphatic carbocycles. The van der Waals surface area contributed by atoms with Gasteiger partial charge in [0.05, 0.1) is 39.5 Å². The second-order valence-electron chi connectivity index (χ2n) is 8.83. The Morgan fingerprint density at radius 1 is 1.07 bits per heavy atom. The number of thiazole rings is 1. The van der Waals surface area contributed by atoms with E-state index in [-0.39, 0.29) is 12.2 Å². The summed E-state index contributed by atoms with van der Waals surface area (Å²) in [4.78, 5) is 34.1. The molecule has 1 aromatic heterocycles. The summed E-state index contributed by atoms with van der Waals surface area (Å²) in [7, 11) is 0. The van der Waals surface area contributed by atoms with Crippen LogP contribution in [0, 0.1) is 0 Å². The summed E-state index contributed by atoms with van der Waals surface area (Å²) in [5.41, 5.74) is 3.06. The van der Waals surface area contributed by atoms with E-state index in [1.54, 1.807) is 23.3 Å². The van der Waals surface area contributed by atoms with Crippen molar-refractivity contribution in [1.82, 2.24) is 4.57 Å². The molecule has 0 N–H and O–H groups in total. The molecule has 9 heteroatoms. The predicted octanol–water partition coefficient (Wildman–Crippen LogP) is 5.82. The van der Waals surface area contributed by atoms with Gasteiger partial charge >= 0.3 is 5.97 Å². The van der Waals surface area contributed by atoms with Gasteiger partial charge in [0.15, 0.2) is 4.80 Å². The molecular weight excluding hydrogens is 608 g/mol. The zero-order valence-corrected chi connectivity index (χ0v) is 25.4. The molecule has 0 saturated carbocycles. The van der Waals surface area contributed by atoms with Crippen molar-refractivity contribution in [2.24, 2.45) is 4.99 Å². The minimum Gasteiger partial charge on any atom is -0.493 e. The van der Waals surface area contributed by atoms with Crippen LogP contribution < -0.4 is 19.6 Å². The van der Waals surface area contributed by atoms with Crippen LogP contribution in [0.25, 0.3) is 11.8 Å². The number of fused-ring (bicyclic) bond motifs is 1. The van der Waals surface area contributed by atoms with Gasteiger partial charge < -0.3 is 9.47 Å². The Morgan fingerprint density at radius 2 is 1.82 bits per heavy atom. The Balaban J connectivity index is 1.77. The van der Waals surface area contributed by atoms with Crippen LogP contribution in [0.2, 0.25) is 0 Å². The summed E-state index contributed by atoms with van der Waals surface area (Å²) >= 11 is 6.49. The molecule has 1 aliphatic heterocycles. The van der Waals surface area contributed by atoms with E-state index in [2.05, 4.69) is 15.9 Å². The smallest absolute Gasteiger partial charge is 0.338 e. The average molecular weight is 636 g/mol. The van der Waals surface area contributed by atoms with Gasteiger partial charge in [-0.25, -0.2) is 9.79 Å². The second-order valence-corrected chi connectivity index (χ2v) is 11.6. The van der Waals surface area contributed by atoms with Gasteiger partial charge in [0.25, 0.3) is 5.56 Å². The molecule has 40 heavy (non-hydrogen) atoms.